The van der Waals surface area contributed by atoms with Crippen molar-refractivity contribution < 1.29 is 14.3 Å². The number of likely N-dealkylation sites (N-methyl/N-ethyl adjacent to an activating group) is 1. The van der Waals surface area contributed by atoms with Crippen molar-refractivity contribution in [3.63, 3.8) is 0 Å². The first-order valence-corrected chi connectivity index (χ1v) is 4.89. The van der Waals surface area contributed by atoms with Gasteiger partial charge >= 0.3 is 0 Å². The Bertz CT molecular complexity index is 192. The molecule has 1 amide bonds. The summed E-state index contributed by atoms with van der Waals surface area (Å²) in [5.41, 5.74) is 0. The summed E-state index contributed by atoms with van der Waals surface area (Å²) in [7, 11) is 1.72. The molecule has 0 fully saturated rings. The number of hydrogen-bond donors (Lipinski definition) is 0. The number of nitrogens with zero attached hydrogens (tertiary/aromatic N) is 1. The number of carbonyl (C=O) groups excluding carboxylic acids is 2. The van der Waals surface area contributed by atoms with Crippen LogP contribution in [-0.2, 0) is 14.3 Å². The summed E-state index contributed by atoms with van der Waals surface area (Å²) in [5, 5.41) is 0. The molecule has 0 N–H and O–H groups in total. The Morgan fingerprint density at radius 1 is 1.29 bits per heavy atom. The van der Waals surface area contributed by atoms with Crippen LogP contribution in [0.15, 0.2) is 0 Å². The third-order valence-corrected chi connectivity index (χ3v) is 1.89. The lowest BCUT2D eigenvalue weighted by Gasteiger charge is -2.16. The van der Waals surface area contributed by atoms with Gasteiger partial charge in [-0.2, -0.15) is 0 Å². The van der Waals surface area contributed by atoms with E-state index < -0.39 is 0 Å². The normalized spacial score (nSPS) is 9.93. The minimum atomic E-state index is -0.0000898. The van der Waals surface area contributed by atoms with E-state index in [1.54, 1.807) is 11.9 Å². The second-order valence-electron chi connectivity index (χ2n) is 3.21. The van der Waals surface area contributed by atoms with Gasteiger partial charge in [-0.1, -0.05) is 0 Å². The van der Waals surface area contributed by atoms with Crippen LogP contribution in [0.4, 0.5) is 0 Å². The largest absolute Gasteiger partial charge is 0.380 e. The summed E-state index contributed by atoms with van der Waals surface area (Å²) in [6.45, 7) is 5.21. The van der Waals surface area contributed by atoms with E-state index in [4.69, 9.17) is 4.74 Å². The summed E-state index contributed by atoms with van der Waals surface area (Å²) < 4.78 is 5.12. The average Bonchev–Trinajstić information content (AvgIpc) is 2.14. The molecule has 0 aliphatic rings. The van der Waals surface area contributed by atoms with Crippen molar-refractivity contribution in [2.24, 2.45) is 0 Å². The van der Waals surface area contributed by atoms with E-state index in [1.165, 1.54) is 6.92 Å². The Labute approximate surface area is 85.2 Å². The van der Waals surface area contributed by atoms with Gasteiger partial charge in [-0.3, -0.25) is 4.79 Å². The maximum atomic E-state index is 11.4. The van der Waals surface area contributed by atoms with Gasteiger partial charge in [0, 0.05) is 33.0 Å². The first-order chi connectivity index (χ1) is 6.57. The van der Waals surface area contributed by atoms with E-state index >= 15 is 0 Å². The molecule has 0 spiro atoms. The number of carbonyl (C=O) groups is 2. The molecule has 14 heavy (non-hydrogen) atoms. The Balaban J connectivity index is 3.59. The summed E-state index contributed by atoms with van der Waals surface area (Å²) in [6, 6.07) is 0. The second-order valence-corrected chi connectivity index (χ2v) is 3.21. The summed E-state index contributed by atoms with van der Waals surface area (Å²) >= 11 is 0. The van der Waals surface area contributed by atoms with Crippen LogP contribution in [0.2, 0.25) is 0 Å². The summed E-state index contributed by atoms with van der Waals surface area (Å²) in [4.78, 5) is 23.6. The van der Waals surface area contributed by atoms with Gasteiger partial charge < -0.3 is 14.4 Å². The van der Waals surface area contributed by atoms with Crippen molar-refractivity contribution in [2.75, 3.05) is 26.8 Å². The topological polar surface area (TPSA) is 46.6 Å². The zero-order valence-corrected chi connectivity index (χ0v) is 9.21. The van der Waals surface area contributed by atoms with Crippen LogP contribution in [-0.4, -0.2) is 43.4 Å². The molecule has 0 bridgehead atoms. The van der Waals surface area contributed by atoms with Gasteiger partial charge in [-0.05, 0) is 13.8 Å². The molecule has 0 rings (SSSR count). The Kier molecular flexibility index (Phi) is 7.02. The molecule has 0 saturated carbocycles. The van der Waals surface area contributed by atoms with Gasteiger partial charge in [-0.15, -0.1) is 0 Å². The molecule has 0 atom stereocenters. The van der Waals surface area contributed by atoms with Crippen LogP contribution in [0.1, 0.15) is 26.7 Å². The Hall–Kier alpha value is -0.900. The zero-order chi connectivity index (χ0) is 11.0. The van der Waals surface area contributed by atoms with Crippen LogP contribution in [0.3, 0.4) is 0 Å². The average molecular weight is 201 g/mol. The molecule has 0 heterocycles. The highest BCUT2D eigenvalue weighted by molar-refractivity contribution is 5.83. The zero-order valence-electron chi connectivity index (χ0n) is 9.21. The fraction of sp³-hybridized carbons (Fsp3) is 0.800. The fourth-order valence-electron chi connectivity index (χ4n) is 0.944. The lowest BCUT2D eigenvalue weighted by molar-refractivity contribution is -0.132. The highest BCUT2D eigenvalue weighted by atomic mass is 16.5. The van der Waals surface area contributed by atoms with Crippen LogP contribution in [0.25, 0.3) is 0 Å². The van der Waals surface area contributed by atoms with E-state index in [-0.39, 0.29) is 11.7 Å². The van der Waals surface area contributed by atoms with Gasteiger partial charge in [0.05, 0.1) is 6.61 Å². The third kappa shape index (κ3) is 6.60. The molecular weight excluding hydrogens is 182 g/mol. The monoisotopic (exact) mass is 201 g/mol. The van der Waals surface area contributed by atoms with Gasteiger partial charge in [0.15, 0.2) is 0 Å². The highest BCUT2D eigenvalue weighted by Gasteiger charge is 2.08. The molecular formula is C10H19NO3. The Morgan fingerprint density at radius 3 is 2.43 bits per heavy atom. The van der Waals surface area contributed by atoms with E-state index in [0.29, 0.717) is 32.6 Å². The summed E-state index contributed by atoms with van der Waals surface area (Å²) in [5.74, 6) is 0.0523. The quantitative estimate of drug-likeness (QED) is 0.574. The predicted octanol–water partition coefficient (Wildman–Crippen LogP) is 0.851. The van der Waals surface area contributed by atoms with Gasteiger partial charge in [0.1, 0.15) is 5.78 Å². The molecule has 0 unspecified atom stereocenters. The van der Waals surface area contributed by atoms with Gasteiger partial charge in [0.2, 0.25) is 5.91 Å². The highest BCUT2D eigenvalue weighted by Crippen LogP contribution is 1.96. The van der Waals surface area contributed by atoms with Gasteiger partial charge in [0.25, 0.3) is 0 Å². The number of amides is 1. The number of rotatable bonds is 7. The third-order valence-electron chi connectivity index (χ3n) is 1.89. The van der Waals surface area contributed by atoms with Crippen molar-refractivity contribution in [3.8, 4) is 0 Å². The lowest BCUT2D eigenvalue weighted by Crippen LogP contribution is -2.30. The van der Waals surface area contributed by atoms with Crippen LogP contribution in [0.5, 0.6) is 0 Å². The molecule has 0 aromatic heterocycles. The van der Waals surface area contributed by atoms with Gasteiger partial charge in [-0.25, -0.2) is 0 Å². The molecule has 0 aliphatic carbocycles. The van der Waals surface area contributed by atoms with E-state index in [0.717, 1.165) is 0 Å². The first-order valence-electron chi connectivity index (χ1n) is 4.89. The van der Waals surface area contributed by atoms with E-state index in [9.17, 15) is 9.59 Å². The molecule has 4 heteroatoms. The lowest BCUT2D eigenvalue weighted by atomic mass is 10.2. The van der Waals surface area contributed by atoms with Crippen molar-refractivity contribution in [3.05, 3.63) is 0 Å². The smallest absolute Gasteiger partial charge is 0.222 e. The van der Waals surface area contributed by atoms with Crippen LogP contribution in [0, 0.1) is 0 Å². The molecule has 0 aromatic rings. The Morgan fingerprint density at radius 2 is 1.93 bits per heavy atom. The van der Waals surface area contributed by atoms with E-state index in [1.807, 2.05) is 6.92 Å². The number of ketones is 1. The molecule has 0 radical (unpaired) electrons. The standard InChI is InChI=1S/C10H19NO3/c1-4-14-8-7-11(3)10(13)6-5-9(2)12/h4-8H2,1-3H3. The van der Waals surface area contributed by atoms with Crippen LogP contribution >= 0.6 is 0 Å². The number of hydrogen-bond acceptors (Lipinski definition) is 3. The maximum absolute atomic E-state index is 11.4. The predicted molar refractivity (Wildman–Crippen MR) is 54.0 cm³/mol. The fourth-order valence-corrected chi connectivity index (χ4v) is 0.944. The summed E-state index contributed by atoms with van der Waals surface area (Å²) in [6.07, 6.45) is 0.635. The van der Waals surface area contributed by atoms with Crippen molar-refractivity contribution in [1.29, 1.82) is 0 Å². The minimum absolute atomic E-state index is 0.0000898. The molecule has 0 aliphatic heterocycles. The SMILES string of the molecule is CCOCCN(C)C(=O)CCC(C)=O. The molecule has 82 valence electrons. The number of ether oxygens (including phenoxy) is 1. The minimum Gasteiger partial charge on any atom is -0.380 e. The first kappa shape index (κ1) is 13.1. The van der Waals surface area contributed by atoms with Crippen molar-refractivity contribution >= 4 is 11.7 Å². The van der Waals surface area contributed by atoms with Crippen molar-refractivity contribution in [1.82, 2.24) is 4.90 Å². The number of Topliss-reactive ketones (excluding diaryl/α,β-unsaturated/α-hetero) is 1. The van der Waals surface area contributed by atoms with E-state index in [2.05, 4.69) is 0 Å². The van der Waals surface area contributed by atoms with Crippen LogP contribution < -0.4 is 0 Å². The molecule has 4 nitrogen and oxygen atoms in total. The maximum Gasteiger partial charge on any atom is 0.222 e. The van der Waals surface area contributed by atoms with Crippen molar-refractivity contribution in [2.45, 2.75) is 26.7 Å². The second kappa shape index (κ2) is 7.50. The molecule has 0 aromatic carbocycles. The molecule has 0 saturated heterocycles.